The Balaban J connectivity index is 1.32. The van der Waals surface area contributed by atoms with Gasteiger partial charge in [-0.1, -0.05) is 55.7 Å². The Morgan fingerprint density at radius 2 is 1.62 bits per heavy atom. The second-order valence-electron chi connectivity index (χ2n) is 7.78. The topological polar surface area (TPSA) is 25.4 Å². The molecule has 26 heavy (non-hydrogen) atoms. The van der Waals surface area contributed by atoms with Crippen molar-refractivity contribution in [2.75, 3.05) is 13.1 Å². The van der Waals surface area contributed by atoms with Gasteiger partial charge in [-0.3, -0.25) is 0 Å². The van der Waals surface area contributed by atoms with Crippen molar-refractivity contribution in [2.45, 2.75) is 63.5 Å². The maximum Gasteiger partial charge on any atom is 0.213 e. The molecule has 3 heteroatoms. The summed E-state index contributed by atoms with van der Waals surface area (Å²) >= 11 is 0. The second-order valence-corrected chi connectivity index (χ2v) is 7.78. The molecule has 3 nitrogen and oxygen atoms in total. The predicted molar refractivity (Wildman–Crippen MR) is 105 cm³/mol. The first-order chi connectivity index (χ1) is 12.9. The molecule has 2 aromatic rings. The Hall–Kier alpha value is -1.87. The summed E-state index contributed by atoms with van der Waals surface area (Å²) in [5.74, 6) is 1.33. The van der Waals surface area contributed by atoms with Crippen LogP contribution in [0.2, 0.25) is 0 Å². The van der Waals surface area contributed by atoms with E-state index in [4.69, 9.17) is 9.72 Å². The lowest BCUT2D eigenvalue weighted by Crippen LogP contribution is -2.42. The molecule has 1 aromatic carbocycles. The number of pyridine rings is 1. The largest absolute Gasteiger partial charge is 0.473 e. The Labute approximate surface area is 157 Å². The highest BCUT2D eigenvalue weighted by Gasteiger charge is 2.27. The Bertz CT molecular complexity index is 674. The molecule has 4 rings (SSSR count). The maximum atomic E-state index is 5.92. The average molecular weight is 351 g/mol. The van der Waals surface area contributed by atoms with Crippen molar-refractivity contribution in [3.05, 3.63) is 59.8 Å². The van der Waals surface area contributed by atoms with Crippen LogP contribution in [-0.2, 0) is 6.61 Å². The van der Waals surface area contributed by atoms with E-state index in [2.05, 4.69) is 29.2 Å². The monoisotopic (exact) mass is 350 g/mol. The fourth-order valence-electron chi connectivity index (χ4n) is 4.48. The van der Waals surface area contributed by atoms with Crippen LogP contribution in [0.3, 0.4) is 0 Å². The lowest BCUT2D eigenvalue weighted by Gasteiger charge is -2.39. The molecule has 2 heterocycles. The average Bonchev–Trinajstić information content (AvgIpc) is 2.74. The van der Waals surface area contributed by atoms with E-state index < -0.39 is 0 Å². The van der Waals surface area contributed by atoms with Gasteiger partial charge in [-0.25, -0.2) is 4.98 Å². The molecule has 0 amide bonds. The molecule has 0 N–H and O–H groups in total. The van der Waals surface area contributed by atoms with Gasteiger partial charge in [-0.05, 0) is 50.4 Å². The van der Waals surface area contributed by atoms with E-state index in [0.29, 0.717) is 12.5 Å². The molecular weight excluding hydrogens is 320 g/mol. The third-order valence-electron chi connectivity index (χ3n) is 6.01. The molecule has 2 fully saturated rings. The lowest BCUT2D eigenvalue weighted by molar-refractivity contribution is 0.121. The van der Waals surface area contributed by atoms with Crippen molar-refractivity contribution in [1.29, 1.82) is 0 Å². The minimum atomic E-state index is 0.579. The third kappa shape index (κ3) is 4.45. The fourth-order valence-corrected chi connectivity index (χ4v) is 4.48. The normalized spacial score (nSPS) is 20.2. The van der Waals surface area contributed by atoms with Crippen LogP contribution in [0.15, 0.2) is 48.5 Å². The lowest BCUT2D eigenvalue weighted by atomic mass is 9.88. The van der Waals surface area contributed by atoms with Gasteiger partial charge in [0.25, 0.3) is 0 Å². The quantitative estimate of drug-likeness (QED) is 0.743. The first-order valence-corrected chi connectivity index (χ1v) is 10.3. The summed E-state index contributed by atoms with van der Waals surface area (Å²) in [5, 5.41) is 0. The van der Waals surface area contributed by atoms with Gasteiger partial charge < -0.3 is 9.64 Å². The van der Waals surface area contributed by atoms with E-state index in [1.807, 2.05) is 24.3 Å². The van der Waals surface area contributed by atoms with E-state index in [1.54, 1.807) is 0 Å². The fraction of sp³-hybridized carbons (Fsp3) is 0.522. The van der Waals surface area contributed by atoms with Crippen molar-refractivity contribution in [1.82, 2.24) is 9.88 Å². The van der Waals surface area contributed by atoms with Gasteiger partial charge in [-0.2, -0.15) is 0 Å². The standard InChI is InChI=1S/C23H30N2O/c1-3-8-19(9-4-1)18-26-23-13-7-12-22(24-23)20-14-16-25(17-15-20)21-10-5-2-6-11-21/h1,3-4,7-9,12-13,20-21H,2,5-6,10-11,14-18H2. The summed E-state index contributed by atoms with van der Waals surface area (Å²) in [6, 6.07) is 17.4. The minimum absolute atomic E-state index is 0.579. The maximum absolute atomic E-state index is 5.92. The number of rotatable bonds is 5. The molecule has 0 atom stereocenters. The molecule has 1 aliphatic carbocycles. The molecule has 1 aromatic heterocycles. The summed E-state index contributed by atoms with van der Waals surface area (Å²) in [7, 11) is 0. The molecule has 1 saturated carbocycles. The summed E-state index contributed by atoms with van der Waals surface area (Å²) in [6.07, 6.45) is 9.56. The van der Waals surface area contributed by atoms with Gasteiger partial charge in [0.2, 0.25) is 5.88 Å². The number of hydrogen-bond donors (Lipinski definition) is 0. The van der Waals surface area contributed by atoms with Gasteiger partial charge in [0.15, 0.2) is 0 Å². The number of hydrogen-bond acceptors (Lipinski definition) is 3. The van der Waals surface area contributed by atoms with Gasteiger partial charge in [0.05, 0.1) is 0 Å². The van der Waals surface area contributed by atoms with Crippen molar-refractivity contribution in [3.63, 3.8) is 0 Å². The number of nitrogens with zero attached hydrogens (tertiary/aromatic N) is 2. The van der Waals surface area contributed by atoms with E-state index in [9.17, 15) is 0 Å². The van der Waals surface area contributed by atoms with E-state index in [-0.39, 0.29) is 0 Å². The Morgan fingerprint density at radius 1 is 0.846 bits per heavy atom. The first-order valence-electron chi connectivity index (χ1n) is 10.3. The molecule has 2 aliphatic rings. The first kappa shape index (κ1) is 17.5. The highest BCUT2D eigenvalue weighted by Crippen LogP contribution is 2.31. The van der Waals surface area contributed by atoms with E-state index >= 15 is 0 Å². The highest BCUT2D eigenvalue weighted by atomic mass is 16.5. The number of piperidine rings is 1. The Morgan fingerprint density at radius 3 is 2.38 bits per heavy atom. The SMILES string of the molecule is c1ccc(COc2cccc(C3CCN(C4CCCCC4)CC3)n2)cc1. The van der Waals surface area contributed by atoms with Crippen molar-refractivity contribution in [3.8, 4) is 5.88 Å². The number of benzene rings is 1. The zero-order valence-corrected chi connectivity index (χ0v) is 15.6. The van der Waals surface area contributed by atoms with Crippen LogP contribution in [0.4, 0.5) is 0 Å². The van der Waals surface area contributed by atoms with Crippen LogP contribution in [0, 0.1) is 0 Å². The van der Waals surface area contributed by atoms with Crippen LogP contribution in [-0.4, -0.2) is 29.0 Å². The van der Waals surface area contributed by atoms with Gasteiger partial charge in [0, 0.05) is 23.7 Å². The summed E-state index contributed by atoms with van der Waals surface area (Å²) < 4.78 is 5.92. The molecule has 1 saturated heterocycles. The van der Waals surface area contributed by atoms with E-state index in [1.165, 1.54) is 69.3 Å². The van der Waals surface area contributed by atoms with Crippen LogP contribution >= 0.6 is 0 Å². The molecule has 0 bridgehead atoms. The van der Waals surface area contributed by atoms with Crippen LogP contribution < -0.4 is 4.74 Å². The van der Waals surface area contributed by atoms with Crippen LogP contribution in [0.5, 0.6) is 5.88 Å². The number of ether oxygens (including phenoxy) is 1. The minimum Gasteiger partial charge on any atom is -0.473 e. The second kappa shape index (κ2) is 8.68. The van der Waals surface area contributed by atoms with Crippen molar-refractivity contribution < 1.29 is 4.74 Å². The van der Waals surface area contributed by atoms with Crippen LogP contribution in [0.25, 0.3) is 0 Å². The molecule has 138 valence electrons. The van der Waals surface area contributed by atoms with Crippen molar-refractivity contribution >= 4 is 0 Å². The van der Waals surface area contributed by atoms with Gasteiger partial charge >= 0.3 is 0 Å². The Kier molecular flexibility index (Phi) is 5.85. The molecule has 0 radical (unpaired) electrons. The van der Waals surface area contributed by atoms with Crippen molar-refractivity contribution in [2.24, 2.45) is 0 Å². The zero-order valence-electron chi connectivity index (χ0n) is 15.6. The smallest absolute Gasteiger partial charge is 0.213 e. The summed E-state index contributed by atoms with van der Waals surface area (Å²) in [6.45, 7) is 3.04. The predicted octanol–water partition coefficient (Wildman–Crippen LogP) is 5.17. The third-order valence-corrected chi connectivity index (χ3v) is 6.01. The summed E-state index contributed by atoms with van der Waals surface area (Å²) in [5.41, 5.74) is 2.39. The van der Waals surface area contributed by atoms with E-state index in [0.717, 1.165) is 11.9 Å². The number of aromatic nitrogens is 1. The van der Waals surface area contributed by atoms with Crippen LogP contribution in [0.1, 0.15) is 62.1 Å². The molecule has 1 aliphatic heterocycles. The molecule has 0 spiro atoms. The highest BCUT2D eigenvalue weighted by molar-refractivity contribution is 5.20. The van der Waals surface area contributed by atoms with Gasteiger partial charge in [-0.15, -0.1) is 0 Å². The molecule has 0 unspecified atom stereocenters. The molecular formula is C23H30N2O. The zero-order chi connectivity index (χ0) is 17.6. The summed E-state index contributed by atoms with van der Waals surface area (Å²) in [4.78, 5) is 7.55. The number of likely N-dealkylation sites (tertiary alicyclic amines) is 1. The van der Waals surface area contributed by atoms with Gasteiger partial charge in [0.1, 0.15) is 6.61 Å².